The van der Waals surface area contributed by atoms with Crippen molar-refractivity contribution in [3.63, 3.8) is 0 Å². The number of aromatic nitrogens is 2. The van der Waals surface area contributed by atoms with Crippen LogP contribution in [0.2, 0.25) is 5.02 Å². The fourth-order valence-electron chi connectivity index (χ4n) is 2.00. The van der Waals surface area contributed by atoms with E-state index >= 15 is 0 Å². The summed E-state index contributed by atoms with van der Waals surface area (Å²) in [6, 6.07) is 12.8. The smallest absolute Gasteiger partial charge is 0.277 e. The van der Waals surface area contributed by atoms with Crippen LogP contribution in [-0.2, 0) is 4.79 Å². The van der Waals surface area contributed by atoms with Crippen LogP contribution in [0.15, 0.2) is 56.6 Å². The summed E-state index contributed by atoms with van der Waals surface area (Å²) in [6.07, 6.45) is 0. The molecule has 1 amide bonds. The molecule has 8 heteroatoms. The van der Waals surface area contributed by atoms with E-state index in [2.05, 4.69) is 31.4 Å². The number of benzene rings is 2. The van der Waals surface area contributed by atoms with E-state index in [1.807, 2.05) is 37.3 Å². The van der Waals surface area contributed by atoms with Crippen LogP contribution in [0.4, 0.5) is 5.69 Å². The Morgan fingerprint density at radius 1 is 1.28 bits per heavy atom. The van der Waals surface area contributed by atoms with Gasteiger partial charge in [0.2, 0.25) is 11.8 Å². The fourth-order valence-corrected chi connectivity index (χ4v) is 3.13. The molecule has 0 fully saturated rings. The third kappa shape index (κ3) is 4.84. The van der Waals surface area contributed by atoms with Crippen molar-refractivity contribution in [3.8, 4) is 11.5 Å². The first-order valence-corrected chi connectivity index (χ1v) is 9.45. The molecule has 0 saturated carbocycles. The Kier molecular flexibility index (Phi) is 5.78. The molecule has 0 aliphatic heterocycles. The molecule has 0 bridgehead atoms. The first kappa shape index (κ1) is 18.0. The molecule has 1 aromatic heterocycles. The van der Waals surface area contributed by atoms with Gasteiger partial charge in [0.15, 0.2) is 0 Å². The average molecular weight is 439 g/mol. The SMILES string of the molecule is Cc1ccc(NC(=O)CSc2nnc(-c3cccc(Cl)c3)o2)cc1Br. The van der Waals surface area contributed by atoms with Gasteiger partial charge in [-0.25, -0.2) is 0 Å². The molecular formula is C17H13BrClN3O2S. The number of nitrogens with zero attached hydrogens (tertiary/aromatic N) is 2. The molecule has 0 spiro atoms. The molecule has 3 rings (SSSR count). The summed E-state index contributed by atoms with van der Waals surface area (Å²) in [7, 11) is 0. The van der Waals surface area contributed by atoms with E-state index in [0.29, 0.717) is 16.1 Å². The van der Waals surface area contributed by atoms with Gasteiger partial charge in [0, 0.05) is 20.7 Å². The number of aryl methyl sites for hydroxylation is 1. The number of halogens is 2. The first-order valence-electron chi connectivity index (χ1n) is 7.29. The second kappa shape index (κ2) is 8.03. The molecule has 0 aliphatic carbocycles. The molecule has 5 nitrogen and oxygen atoms in total. The summed E-state index contributed by atoms with van der Waals surface area (Å²) in [4.78, 5) is 12.0. The van der Waals surface area contributed by atoms with Gasteiger partial charge in [0.1, 0.15) is 0 Å². The van der Waals surface area contributed by atoms with Crippen LogP contribution in [0.1, 0.15) is 5.56 Å². The van der Waals surface area contributed by atoms with Crippen molar-refractivity contribution in [2.45, 2.75) is 12.1 Å². The van der Waals surface area contributed by atoms with Gasteiger partial charge in [0.05, 0.1) is 5.75 Å². The van der Waals surface area contributed by atoms with Crippen LogP contribution in [-0.4, -0.2) is 21.9 Å². The van der Waals surface area contributed by atoms with Crippen molar-refractivity contribution >= 4 is 50.9 Å². The zero-order valence-corrected chi connectivity index (χ0v) is 16.3. The molecule has 3 aromatic rings. The number of rotatable bonds is 5. The first-order chi connectivity index (χ1) is 12.0. The van der Waals surface area contributed by atoms with E-state index < -0.39 is 0 Å². The van der Waals surface area contributed by atoms with E-state index in [4.69, 9.17) is 16.0 Å². The molecule has 0 aliphatic rings. The predicted octanol–water partition coefficient (Wildman–Crippen LogP) is 5.19. The number of thioether (sulfide) groups is 1. The highest BCUT2D eigenvalue weighted by Crippen LogP contribution is 2.25. The fraction of sp³-hybridized carbons (Fsp3) is 0.118. The highest BCUT2D eigenvalue weighted by molar-refractivity contribution is 9.10. The van der Waals surface area contributed by atoms with Crippen LogP contribution < -0.4 is 5.32 Å². The maximum atomic E-state index is 12.0. The Hall–Kier alpha value is -1.83. The molecule has 25 heavy (non-hydrogen) atoms. The average Bonchev–Trinajstić information content (AvgIpc) is 3.05. The quantitative estimate of drug-likeness (QED) is 0.555. The standard InChI is InChI=1S/C17H13BrClN3O2S/c1-10-5-6-13(8-14(10)18)20-15(23)9-25-17-22-21-16(24-17)11-3-2-4-12(19)7-11/h2-8H,9H2,1H3,(H,20,23). The lowest BCUT2D eigenvalue weighted by Gasteiger charge is -2.06. The molecule has 0 radical (unpaired) electrons. The van der Waals surface area contributed by atoms with Gasteiger partial charge in [-0.2, -0.15) is 0 Å². The number of anilines is 1. The predicted molar refractivity (Wildman–Crippen MR) is 103 cm³/mol. The Morgan fingerprint density at radius 2 is 2.12 bits per heavy atom. The molecule has 0 saturated heterocycles. The Morgan fingerprint density at radius 3 is 2.88 bits per heavy atom. The van der Waals surface area contributed by atoms with Crippen LogP contribution in [0.25, 0.3) is 11.5 Å². The number of amides is 1. The van der Waals surface area contributed by atoms with E-state index in [1.54, 1.807) is 12.1 Å². The maximum Gasteiger partial charge on any atom is 0.277 e. The van der Waals surface area contributed by atoms with Crippen molar-refractivity contribution in [2.75, 3.05) is 11.1 Å². The van der Waals surface area contributed by atoms with E-state index in [9.17, 15) is 4.79 Å². The van der Waals surface area contributed by atoms with Crippen LogP contribution in [0, 0.1) is 6.92 Å². The Balaban J connectivity index is 1.58. The van der Waals surface area contributed by atoms with E-state index in [1.165, 1.54) is 11.8 Å². The number of nitrogens with one attached hydrogen (secondary N) is 1. The van der Waals surface area contributed by atoms with Crippen LogP contribution in [0.5, 0.6) is 0 Å². The third-order valence-corrected chi connectivity index (χ3v) is 5.17. The Labute approximate surface area is 162 Å². The second-order valence-electron chi connectivity index (χ2n) is 5.18. The monoisotopic (exact) mass is 437 g/mol. The third-order valence-electron chi connectivity index (χ3n) is 3.26. The normalized spacial score (nSPS) is 10.7. The maximum absolute atomic E-state index is 12.0. The van der Waals surface area contributed by atoms with Gasteiger partial charge < -0.3 is 9.73 Å². The molecule has 1 N–H and O–H groups in total. The Bertz CT molecular complexity index is 916. The summed E-state index contributed by atoms with van der Waals surface area (Å²) in [5, 5.41) is 11.7. The minimum Gasteiger partial charge on any atom is -0.411 e. The largest absolute Gasteiger partial charge is 0.411 e. The number of carbonyl (C=O) groups is 1. The van der Waals surface area contributed by atoms with Gasteiger partial charge in [-0.3, -0.25) is 4.79 Å². The van der Waals surface area contributed by atoms with Crippen molar-refractivity contribution in [1.82, 2.24) is 10.2 Å². The lowest BCUT2D eigenvalue weighted by Crippen LogP contribution is -2.14. The van der Waals surface area contributed by atoms with Gasteiger partial charge >= 0.3 is 0 Å². The summed E-state index contributed by atoms with van der Waals surface area (Å²) in [5.74, 6) is 0.388. The van der Waals surface area contributed by atoms with Gasteiger partial charge in [-0.1, -0.05) is 51.4 Å². The molecule has 0 unspecified atom stereocenters. The van der Waals surface area contributed by atoms with Gasteiger partial charge in [-0.05, 0) is 42.8 Å². The molecule has 128 valence electrons. The van der Waals surface area contributed by atoms with E-state index in [0.717, 1.165) is 21.3 Å². The van der Waals surface area contributed by atoms with Crippen LogP contribution in [0.3, 0.4) is 0 Å². The zero-order chi connectivity index (χ0) is 17.8. The molecular weight excluding hydrogens is 426 g/mol. The lowest BCUT2D eigenvalue weighted by atomic mass is 10.2. The number of carbonyl (C=O) groups excluding carboxylic acids is 1. The molecule has 1 heterocycles. The molecule has 0 atom stereocenters. The van der Waals surface area contributed by atoms with Gasteiger partial charge in [-0.15, -0.1) is 10.2 Å². The summed E-state index contributed by atoms with van der Waals surface area (Å²) < 4.78 is 6.50. The highest BCUT2D eigenvalue weighted by Gasteiger charge is 2.12. The summed E-state index contributed by atoms with van der Waals surface area (Å²) in [5.41, 5.74) is 2.57. The van der Waals surface area contributed by atoms with Crippen molar-refractivity contribution in [1.29, 1.82) is 0 Å². The van der Waals surface area contributed by atoms with Crippen molar-refractivity contribution in [3.05, 3.63) is 57.5 Å². The van der Waals surface area contributed by atoms with Gasteiger partial charge in [0.25, 0.3) is 5.22 Å². The van der Waals surface area contributed by atoms with Crippen molar-refractivity contribution in [2.24, 2.45) is 0 Å². The number of hydrogen-bond donors (Lipinski definition) is 1. The summed E-state index contributed by atoms with van der Waals surface area (Å²) >= 11 is 10.6. The van der Waals surface area contributed by atoms with E-state index in [-0.39, 0.29) is 11.7 Å². The second-order valence-corrected chi connectivity index (χ2v) is 7.40. The summed E-state index contributed by atoms with van der Waals surface area (Å²) in [6.45, 7) is 1.98. The highest BCUT2D eigenvalue weighted by atomic mass is 79.9. The number of hydrogen-bond acceptors (Lipinski definition) is 5. The zero-order valence-electron chi connectivity index (χ0n) is 13.1. The topological polar surface area (TPSA) is 68.0 Å². The lowest BCUT2D eigenvalue weighted by molar-refractivity contribution is -0.113. The van der Waals surface area contributed by atoms with Crippen molar-refractivity contribution < 1.29 is 9.21 Å². The molecule has 2 aromatic carbocycles. The minimum absolute atomic E-state index is 0.150. The minimum atomic E-state index is -0.150. The van der Waals surface area contributed by atoms with Crippen LogP contribution >= 0.6 is 39.3 Å².